The van der Waals surface area contributed by atoms with E-state index in [1.807, 2.05) is 5.38 Å². The van der Waals surface area contributed by atoms with Gasteiger partial charge in [-0.2, -0.15) is 0 Å². The molecule has 2 aromatic heterocycles. The molecule has 0 spiro atoms. The Labute approximate surface area is 147 Å². The van der Waals surface area contributed by atoms with Gasteiger partial charge in [-0.1, -0.05) is 0 Å². The quantitative estimate of drug-likeness (QED) is 0.754. The summed E-state index contributed by atoms with van der Waals surface area (Å²) in [4.78, 5) is 29.7. The first-order chi connectivity index (χ1) is 12.0. The average Bonchev–Trinajstić information content (AvgIpc) is 3.01. The van der Waals surface area contributed by atoms with Crippen molar-refractivity contribution in [3.63, 3.8) is 0 Å². The monoisotopic (exact) mass is 359 g/mol. The fourth-order valence-electron chi connectivity index (χ4n) is 2.47. The maximum Gasteiger partial charge on any atom is 0.271 e. The van der Waals surface area contributed by atoms with Gasteiger partial charge in [-0.3, -0.25) is 14.0 Å². The highest BCUT2D eigenvalue weighted by Crippen LogP contribution is 2.23. The van der Waals surface area contributed by atoms with Crippen LogP contribution in [0.4, 0.5) is 0 Å². The summed E-state index contributed by atoms with van der Waals surface area (Å²) in [6.07, 6.45) is 1.31. The highest BCUT2D eigenvalue weighted by molar-refractivity contribution is 7.15. The first kappa shape index (κ1) is 17.0. The van der Waals surface area contributed by atoms with Gasteiger partial charge in [0.05, 0.1) is 14.2 Å². The fourth-order valence-corrected chi connectivity index (χ4v) is 3.30. The molecule has 130 valence electrons. The Morgan fingerprint density at radius 1 is 1.32 bits per heavy atom. The Morgan fingerprint density at radius 2 is 2.12 bits per heavy atom. The lowest BCUT2D eigenvalue weighted by Crippen LogP contribution is -2.31. The van der Waals surface area contributed by atoms with Gasteiger partial charge in [0.2, 0.25) is 0 Å². The van der Waals surface area contributed by atoms with Crippen LogP contribution in [-0.4, -0.2) is 29.5 Å². The number of carbonyl (C=O) groups excluding carboxylic acids is 1. The molecule has 0 aliphatic carbocycles. The predicted octanol–water partition coefficient (Wildman–Crippen LogP) is 2.01. The summed E-state index contributed by atoms with van der Waals surface area (Å²) in [5.41, 5.74) is 1.12. The van der Waals surface area contributed by atoms with Crippen LogP contribution in [0.2, 0.25) is 0 Å². The predicted molar refractivity (Wildman–Crippen MR) is 94.8 cm³/mol. The number of benzene rings is 1. The minimum atomic E-state index is -0.484. The summed E-state index contributed by atoms with van der Waals surface area (Å²) in [6, 6.07) is 5.31. The zero-order valence-electron chi connectivity index (χ0n) is 14.0. The molecule has 8 heteroatoms. The Hall–Kier alpha value is -2.87. The third kappa shape index (κ3) is 3.20. The van der Waals surface area contributed by atoms with E-state index in [-0.39, 0.29) is 17.7 Å². The molecule has 0 atom stereocenters. The van der Waals surface area contributed by atoms with Crippen molar-refractivity contribution in [1.82, 2.24) is 14.7 Å². The minimum Gasteiger partial charge on any atom is -0.497 e. The van der Waals surface area contributed by atoms with Crippen LogP contribution in [0.15, 0.2) is 34.6 Å². The van der Waals surface area contributed by atoms with E-state index >= 15 is 0 Å². The molecule has 2 heterocycles. The number of aromatic nitrogens is 2. The lowest BCUT2D eigenvalue weighted by molar-refractivity contribution is 0.0948. The summed E-state index contributed by atoms with van der Waals surface area (Å²) in [7, 11) is 3.12. The van der Waals surface area contributed by atoms with Crippen molar-refractivity contribution in [2.24, 2.45) is 0 Å². The average molecular weight is 359 g/mol. The van der Waals surface area contributed by atoms with E-state index in [9.17, 15) is 9.59 Å². The largest absolute Gasteiger partial charge is 0.497 e. The van der Waals surface area contributed by atoms with Crippen LogP contribution in [0.3, 0.4) is 0 Å². The van der Waals surface area contributed by atoms with Crippen molar-refractivity contribution in [2.45, 2.75) is 13.5 Å². The summed E-state index contributed by atoms with van der Waals surface area (Å²) >= 11 is 1.36. The number of fused-ring (bicyclic) bond motifs is 1. The highest BCUT2D eigenvalue weighted by Gasteiger charge is 2.16. The number of ether oxygens (including phenoxy) is 2. The molecule has 3 aromatic rings. The maximum absolute atomic E-state index is 12.5. The molecule has 0 saturated heterocycles. The van der Waals surface area contributed by atoms with Crippen LogP contribution < -0.4 is 20.3 Å². The Balaban J connectivity index is 1.85. The number of hydrogen-bond acceptors (Lipinski definition) is 6. The van der Waals surface area contributed by atoms with E-state index < -0.39 is 5.91 Å². The number of rotatable bonds is 5. The van der Waals surface area contributed by atoms with Crippen molar-refractivity contribution >= 4 is 22.2 Å². The molecule has 3 rings (SSSR count). The summed E-state index contributed by atoms with van der Waals surface area (Å²) in [5.74, 6) is 0.796. The first-order valence-electron chi connectivity index (χ1n) is 7.50. The molecule has 0 radical (unpaired) electrons. The molecule has 0 fully saturated rings. The number of nitrogens with one attached hydrogen (secondary N) is 1. The second kappa shape index (κ2) is 6.94. The molecule has 1 N–H and O–H groups in total. The van der Waals surface area contributed by atoms with Gasteiger partial charge in [-0.15, -0.1) is 11.3 Å². The number of thiazole rings is 1. The molecule has 0 saturated carbocycles. The highest BCUT2D eigenvalue weighted by atomic mass is 32.1. The second-order valence-electron chi connectivity index (χ2n) is 5.33. The van der Waals surface area contributed by atoms with Gasteiger partial charge in [0, 0.05) is 29.4 Å². The third-order valence-electron chi connectivity index (χ3n) is 3.79. The standard InChI is InChI=1S/C17H17N3O4S/c1-10-9-25-17-19-8-13(16(22)20(10)17)15(21)18-7-11-6-12(23-2)4-5-14(11)24-3/h4-6,8-9H,7H2,1-3H3,(H,18,21). The van der Waals surface area contributed by atoms with Crippen LogP contribution in [0.25, 0.3) is 4.96 Å². The van der Waals surface area contributed by atoms with E-state index in [0.717, 1.165) is 11.3 Å². The number of nitrogens with zero attached hydrogens (tertiary/aromatic N) is 2. The Morgan fingerprint density at radius 3 is 2.84 bits per heavy atom. The number of aryl methyl sites for hydroxylation is 1. The van der Waals surface area contributed by atoms with E-state index in [1.165, 1.54) is 21.9 Å². The molecular formula is C17H17N3O4S. The van der Waals surface area contributed by atoms with Crippen molar-refractivity contribution < 1.29 is 14.3 Å². The molecule has 1 amide bonds. The lowest BCUT2D eigenvalue weighted by atomic mass is 10.2. The van der Waals surface area contributed by atoms with Crippen molar-refractivity contribution in [1.29, 1.82) is 0 Å². The number of methoxy groups -OCH3 is 2. The van der Waals surface area contributed by atoms with Gasteiger partial charge in [0.25, 0.3) is 11.5 Å². The van der Waals surface area contributed by atoms with E-state index in [1.54, 1.807) is 39.3 Å². The molecule has 0 bridgehead atoms. The number of amides is 1. The van der Waals surface area contributed by atoms with Crippen molar-refractivity contribution in [3.8, 4) is 11.5 Å². The second-order valence-corrected chi connectivity index (χ2v) is 6.17. The van der Waals surface area contributed by atoms with Gasteiger partial charge in [0.15, 0.2) is 4.96 Å². The van der Waals surface area contributed by atoms with Crippen LogP contribution in [0.1, 0.15) is 21.6 Å². The van der Waals surface area contributed by atoms with Gasteiger partial charge in [-0.05, 0) is 25.1 Å². The number of carbonyl (C=O) groups is 1. The molecule has 25 heavy (non-hydrogen) atoms. The smallest absolute Gasteiger partial charge is 0.271 e. The third-order valence-corrected chi connectivity index (χ3v) is 4.75. The Bertz CT molecular complexity index is 993. The van der Waals surface area contributed by atoms with Crippen LogP contribution in [-0.2, 0) is 6.54 Å². The van der Waals surface area contributed by atoms with Crippen LogP contribution in [0.5, 0.6) is 11.5 Å². The van der Waals surface area contributed by atoms with Gasteiger partial charge in [0.1, 0.15) is 17.1 Å². The van der Waals surface area contributed by atoms with Gasteiger partial charge >= 0.3 is 0 Å². The maximum atomic E-state index is 12.5. The number of hydrogen-bond donors (Lipinski definition) is 1. The summed E-state index contributed by atoms with van der Waals surface area (Å²) in [5, 5.41) is 4.56. The van der Waals surface area contributed by atoms with Crippen molar-refractivity contribution in [3.05, 3.63) is 57.0 Å². The van der Waals surface area contributed by atoms with E-state index in [4.69, 9.17) is 9.47 Å². The molecule has 0 unspecified atom stereocenters. The first-order valence-corrected chi connectivity index (χ1v) is 8.38. The SMILES string of the molecule is COc1ccc(OC)c(CNC(=O)c2cnc3scc(C)n3c2=O)c1. The normalized spacial score (nSPS) is 10.7. The molecule has 1 aromatic carbocycles. The zero-order chi connectivity index (χ0) is 18.0. The lowest BCUT2D eigenvalue weighted by Gasteiger charge is -2.11. The molecule has 0 aliphatic rings. The molecule has 7 nitrogen and oxygen atoms in total. The molecular weight excluding hydrogens is 342 g/mol. The van der Waals surface area contributed by atoms with Crippen LogP contribution >= 0.6 is 11.3 Å². The van der Waals surface area contributed by atoms with E-state index in [2.05, 4.69) is 10.3 Å². The van der Waals surface area contributed by atoms with Gasteiger partial charge < -0.3 is 14.8 Å². The van der Waals surface area contributed by atoms with Gasteiger partial charge in [-0.25, -0.2) is 4.98 Å². The topological polar surface area (TPSA) is 81.9 Å². The van der Waals surface area contributed by atoms with Crippen LogP contribution in [0, 0.1) is 6.92 Å². The fraction of sp³-hybridized carbons (Fsp3) is 0.235. The molecule has 0 aliphatic heterocycles. The summed E-state index contributed by atoms with van der Waals surface area (Å²) < 4.78 is 11.9. The van der Waals surface area contributed by atoms with E-state index in [0.29, 0.717) is 16.5 Å². The van der Waals surface area contributed by atoms with Crippen molar-refractivity contribution in [2.75, 3.05) is 14.2 Å². The zero-order valence-corrected chi connectivity index (χ0v) is 14.8. The minimum absolute atomic E-state index is 0.000799. The summed E-state index contributed by atoms with van der Waals surface area (Å²) in [6.45, 7) is 2.00. The Kier molecular flexibility index (Phi) is 4.71.